The first kappa shape index (κ1) is 18.2. The number of carbonyl (C=O) groups excluding carboxylic acids is 2. The van der Waals surface area contributed by atoms with E-state index in [1.165, 1.54) is 0 Å². The van der Waals surface area contributed by atoms with Gasteiger partial charge in [0.05, 0.1) is 5.52 Å². The molecule has 1 unspecified atom stereocenters. The van der Waals surface area contributed by atoms with Crippen molar-refractivity contribution in [1.29, 1.82) is 0 Å². The third-order valence-corrected chi connectivity index (χ3v) is 4.53. The van der Waals surface area contributed by atoms with Gasteiger partial charge in [-0.15, -0.1) is 0 Å². The summed E-state index contributed by atoms with van der Waals surface area (Å²) in [5, 5.41) is 3.63. The second-order valence-electron chi connectivity index (χ2n) is 6.58. The fraction of sp³-hybridized carbons (Fsp3) is 0.450. The average Bonchev–Trinajstić information content (AvgIpc) is 3.19. The molecule has 1 aromatic heterocycles. The minimum absolute atomic E-state index is 0.281. The van der Waals surface area contributed by atoms with Crippen LogP contribution in [0.4, 0.5) is 5.82 Å². The van der Waals surface area contributed by atoms with Gasteiger partial charge in [-0.2, -0.15) is 0 Å². The van der Waals surface area contributed by atoms with Gasteiger partial charge in [-0.1, -0.05) is 25.1 Å². The summed E-state index contributed by atoms with van der Waals surface area (Å²) in [6.07, 6.45) is 2.16. The van der Waals surface area contributed by atoms with Crippen molar-refractivity contribution in [2.24, 2.45) is 0 Å². The SMILES string of the molecule is CCCNC(=O)C(C)OC(=O)c1cc2ccccc2nc1N1CCCC1. The van der Waals surface area contributed by atoms with Crippen molar-refractivity contribution in [2.45, 2.75) is 39.2 Å². The van der Waals surface area contributed by atoms with E-state index in [1.807, 2.05) is 37.3 Å². The zero-order chi connectivity index (χ0) is 18.5. The zero-order valence-corrected chi connectivity index (χ0v) is 15.3. The topological polar surface area (TPSA) is 71.5 Å². The van der Waals surface area contributed by atoms with Crippen LogP contribution in [0.2, 0.25) is 0 Å². The molecule has 1 amide bonds. The molecule has 2 heterocycles. The normalized spacial score (nSPS) is 15.1. The molecule has 1 aromatic carbocycles. The third-order valence-electron chi connectivity index (χ3n) is 4.53. The van der Waals surface area contributed by atoms with Crippen LogP contribution < -0.4 is 10.2 Å². The molecule has 0 aliphatic carbocycles. The van der Waals surface area contributed by atoms with Gasteiger partial charge in [0.15, 0.2) is 6.10 Å². The van der Waals surface area contributed by atoms with Crippen molar-refractivity contribution < 1.29 is 14.3 Å². The summed E-state index contributed by atoms with van der Waals surface area (Å²) < 4.78 is 5.43. The summed E-state index contributed by atoms with van der Waals surface area (Å²) in [5.41, 5.74) is 1.26. The van der Waals surface area contributed by atoms with Gasteiger partial charge in [0, 0.05) is 25.0 Å². The predicted octanol–water partition coefficient (Wildman–Crippen LogP) is 2.91. The van der Waals surface area contributed by atoms with Gasteiger partial charge >= 0.3 is 5.97 Å². The maximum absolute atomic E-state index is 12.8. The number of benzene rings is 1. The standard InChI is InChI=1S/C20H25N3O3/c1-3-10-21-19(24)14(2)26-20(25)16-13-15-8-4-5-9-17(15)22-18(16)23-11-6-7-12-23/h4-5,8-9,13-14H,3,6-7,10-12H2,1-2H3,(H,21,24). The molecule has 1 aliphatic rings. The number of anilines is 1. The van der Waals surface area contributed by atoms with E-state index >= 15 is 0 Å². The molecular formula is C20H25N3O3. The van der Waals surface area contributed by atoms with Gasteiger partial charge in [-0.3, -0.25) is 4.79 Å². The Hall–Kier alpha value is -2.63. The van der Waals surface area contributed by atoms with E-state index in [2.05, 4.69) is 10.2 Å². The smallest absolute Gasteiger partial charge is 0.342 e. The lowest BCUT2D eigenvalue weighted by atomic mass is 10.1. The second kappa shape index (κ2) is 8.17. The zero-order valence-electron chi connectivity index (χ0n) is 15.3. The fourth-order valence-electron chi connectivity index (χ4n) is 3.10. The van der Waals surface area contributed by atoms with Crippen molar-refractivity contribution in [3.8, 4) is 0 Å². The number of pyridine rings is 1. The van der Waals surface area contributed by atoms with E-state index < -0.39 is 12.1 Å². The Morgan fingerprint density at radius 1 is 1.27 bits per heavy atom. The first-order chi connectivity index (χ1) is 12.6. The number of nitrogens with zero attached hydrogens (tertiary/aromatic N) is 2. The van der Waals surface area contributed by atoms with Crippen LogP contribution in [-0.4, -0.2) is 42.6 Å². The van der Waals surface area contributed by atoms with Crippen LogP contribution in [0, 0.1) is 0 Å². The lowest BCUT2D eigenvalue weighted by Gasteiger charge is -2.21. The molecule has 1 fully saturated rings. The second-order valence-corrected chi connectivity index (χ2v) is 6.58. The summed E-state index contributed by atoms with van der Waals surface area (Å²) in [5.74, 6) is -0.145. The van der Waals surface area contributed by atoms with Gasteiger partial charge in [0.2, 0.25) is 0 Å². The Morgan fingerprint density at radius 2 is 2.00 bits per heavy atom. The van der Waals surface area contributed by atoms with Crippen molar-refractivity contribution in [3.63, 3.8) is 0 Å². The quantitative estimate of drug-likeness (QED) is 0.807. The number of carbonyl (C=O) groups is 2. The summed E-state index contributed by atoms with van der Waals surface area (Å²) in [7, 11) is 0. The van der Waals surface area contributed by atoms with Crippen LogP contribution in [-0.2, 0) is 9.53 Å². The van der Waals surface area contributed by atoms with E-state index in [-0.39, 0.29) is 5.91 Å². The highest BCUT2D eigenvalue weighted by Crippen LogP contribution is 2.27. The van der Waals surface area contributed by atoms with Gasteiger partial charge in [0.25, 0.3) is 5.91 Å². The minimum atomic E-state index is -0.841. The molecule has 0 bridgehead atoms. The van der Waals surface area contributed by atoms with Crippen LogP contribution in [0.25, 0.3) is 10.9 Å². The fourth-order valence-corrected chi connectivity index (χ4v) is 3.10. The van der Waals surface area contributed by atoms with Crippen LogP contribution in [0.5, 0.6) is 0 Å². The van der Waals surface area contributed by atoms with E-state index in [0.717, 1.165) is 43.3 Å². The molecule has 0 radical (unpaired) electrons. The maximum Gasteiger partial charge on any atom is 0.342 e. The number of rotatable bonds is 6. The molecule has 1 aliphatic heterocycles. The first-order valence-electron chi connectivity index (χ1n) is 9.23. The summed E-state index contributed by atoms with van der Waals surface area (Å²) in [4.78, 5) is 31.6. The number of esters is 1. The van der Waals surface area contributed by atoms with E-state index in [4.69, 9.17) is 9.72 Å². The Kier molecular flexibility index (Phi) is 5.71. The molecule has 0 saturated carbocycles. The maximum atomic E-state index is 12.8. The van der Waals surface area contributed by atoms with Crippen molar-refractivity contribution >= 4 is 28.6 Å². The molecule has 138 valence electrons. The van der Waals surface area contributed by atoms with Gasteiger partial charge in [-0.05, 0) is 38.3 Å². The number of hydrogen-bond donors (Lipinski definition) is 1. The number of aromatic nitrogens is 1. The molecule has 2 aromatic rings. The number of fused-ring (bicyclic) bond motifs is 1. The molecule has 6 nitrogen and oxygen atoms in total. The molecule has 1 saturated heterocycles. The molecule has 6 heteroatoms. The van der Waals surface area contributed by atoms with Crippen LogP contribution >= 0.6 is 0 Å². The lowest BCUT2D eigenvalue weighted by molar-refractivity contribution is -0.129. The number of amides is 1. The highest BCUT2D eigenvalue weighted by atomic mass is 16.5. The number of para-hydroxylation sites is 1. The highest BCUT2D eigenvalue weighted by Gasteiger charge is 2.25. The summed E-state index contributed by atoms with van der Waals surface area (Å²) in [6.45, 7) is 5.88. The molecular weight excluding hydrogens is 330 g/mol. The molecule has 1 N–H and O–H groups in total. The Morgan fingerprint density at radius 3 is 2.73 bits per heavy atom. The number of ether oxygens (including phenoxy) is 1. The van der Waals surface area contributed by atoms with Crippen LogP contribution in [0.15, 0.2) is 30.3 Å². The molecule has 0 spiro atoms. The number of nitrogens with one attached hydrogen (secondary N) is 1. The number of hydrogen-bond acceptors (Lipinski definition) is 5. The van der Waals surface area contributed by atoms with E-state index in [9.17, 15) is 9.59 Å². The lowest BCUT2D eigenvalue weighted by Crippen LogP contribution is -2.36. The summed E-state index contributed by atoms with van der Waals surface area (Å²) in [6, 6.07) is 9.51. The van der Waals surface area contributed by atoms with Crippen LogP contribution in [0.1, 0.15) is 43.5 Å². The Bertz CT molecular complexity index is 800. The Balaban J connectivity index is 1.88. The largest absolute Gasteiger partial charge is 0.449 e. The summed E-state index contributed by atoms with van der Waals surface area (Å²) >= 11 is 0. The van der Waals surface area contributed by atoms with Gasteiger partial charge in [0.1, 0.15) is 11.4 Å². The minimum Gasteiger partial charge on any atom is -0.449 e. The third kappa shape index (κ3) is 3.95. The van der Waals surface area contributed by atoms with Crippen molar-refractivity contribution in [1.82, 2.24) is 10.3 Å². The molecule has 26 heavy (non-hydrogen) atoms. The monoisotopic (exact) mass is 355 g/mol. The molecule has 3 rings (SSSR count). The van der Waals surface area contributed by atoms with Crippen LogP contribution in [0.3, 0.4) is 0 Å². The van der Waals surface area contributed by atoms with E-state index in [0.29, 0.717) is 17.9 Å². The first-order valence-corrected chi connectivity index (χ1v) is 9.23. The highest BCUT2D eigenvalue weighted by molar-refractivity contribution is 6.00. The van der Waals surface area contributed by atoms with Gasteiger partial charge in [-0.25, -0.2) is 9.78 Å². The predicted molar refractivity (Wildman–Crippen MR) is 101 cm³/mol. The van der Waals surface area contributed by atoms with E-state index in [1.54, 1.807) is 6.92 Å². The molecule has 1 atom stereocenters. The average molecular weight is 355 g/mol. The van der Waals surface area contributed by atoms with Gasteiger partial charge < -0.3 is 15.0 Å². The Labute approximate surface area is 153 Å². The van der Waals surface area contributed by atoms with Crippen molar-refractivity contribution in [2.75, 3.05) is 24.5 Å². The van der Waals surface area contributed by atoms with Crippen molar-refractivity contribution in [3.05, 3.63) is 35.9 Å².